The maximum atomic E-state index is 9.11. The Labute approximate surface area is 62.1 Å². The highest BCUT2D eigenvalue weighted by molar-refractivity contribution is 4.88. The minimum atomic E-state index is 0.399. The third-order valence-electron chi connectivity index (χ3n) is 1.04. The summed E-state index contributed by atoms with van der Waals surface area (Å²) in [4.78, 5) is 1.81. The first-order valence-electron chi connectivity index (χ1n) is 3.43. The molecule has 0 aromatic rings. The molecule has 10 heavy (non-hydrogen) atoms. The molecule has 0 rings (SSSR count). The monoisotopic (exact) mass is 144 g/mol. The molecule has 0 aliphatic heterocycles. The van der Waals surface area contributed by atoms with Crippen molar-refractivity contribution in [2.75, 3.05) is 20.6 Å². The van der Waals surface area contributed by atoms with Crippen molar-refractivity contribution in [2.24, 2.45) is 5.73 Å². The standard InChI is InChI=1S/C7H16N2O/c1-9(2)6-7(10)4-3-5-8/h6,10H,3-5,8H2,1-2H3/b7-6+. The molecule has 0 heterocycles. The Morgan fingerprint density at radius 3 is 2.60 bits per heavy atom. The van der Waals surface area contributed by atoms with E-state index in [0.717, 1.165) is 6.42 Å². The van der Waals surface area contributed by atoms with Gasteiger partial charge in [0.15, 0.2) is 0 Å². The van der Waals surface area contributed by atoms with E-state index in [0.29, 0.717) is 18.7 Å². The molecule has 0 aromatic carbocycles. The number of aliphatic hydroxyl groups is 1. The molecule has 0 bridgehead atoms. The van der Waals surface area contributed by atoms with E-state index in [2.05, 4.69) is 0 Å². The molecule has 0 aliphatic rings. The molecule has 3 heteroatoms. The molecule has 3 nitrogen and oxygen atoms in total. The summed E-state index contributed by atoms with van der Waals surface area (Å²) in [6.07, 6.45) is 3.21. The highest BCUT2D eigenvalue weighted by Gasteiger charge is 1.91. The van der Waals surface area contributed by atoms with Crippen LogP contribution in [0.2, 0.25) is 0 Å². The highest BCUT2D eigenvalue weighted by Crippen LogP contribution is 1.99. The lowest BCUT2D eigenvalue weighted by Gasteiger charge is -2.05. The topological polar surface area (TPSA) is 49.5 Å². The first-order chi connectivity index (χ1) is 4.66. The summed E-state index contributed by atoms with van der Waals surface area (Å²) in [6.45, 7) is 0.630. The second-order valence-electron chi connectivity index (χ2n) is 2.48. The van der Waals surface area contributed by atoms with Crippen LogP contribution in [-0.2, 0) is 0 Å². The van der Waals surface area contributed by atoms with E-state index in [1.54, 1.807) is 6.20 Å². The van der Waals surface area contributed by atoms with Gasteiger partial charge in [-0.2, -0.15) is 0 Å². The lowest BCUT2D eigenvalue weighted by Crippen LogP contribution is -2.04. The Balaban J connectivity index is 3.49. The first kappa shape index (κ1) is 9.30. The molecule has 0 unspecified atom stereocenters. The van der Waals surface area contributed by atoms with Crippen LogP contribution in [0.4, 0.5) is 0 Å². The van der Waals surface area contributed by atoms with Crippen molar-refractivity contribution in [3.05, 3.63) is 12.0 Å². The fourth-order valence-corrected chi connectivity index (χ4v) is 0.646. The molecular formula is C7H16N2O. The van der Waals surface area contributed by atoms with Crippen LogP contribution in [0, 0.1) is 0 Å². The largest absolute Gasteiger partial charge is 0.511 e. The van der Waals surface area contributed by atoms with Crippen LogP contribution in [0.15, 0.2) is 12.0 Å². The third kappa shape index (κ3) is 5.44. The zero-order valence-electron chi connectivity index (χ0n) is 6.67. The molecular weight excluding hydrogens is 128 g/mol. The maximum absolute atomic E-state index is 9.11. The van der Waals surface area contributed by atoms with Crippen LogP contribution in [-0.4, -0.2) is 30.6 Å². The van der Waals surface area contributed by atoms with Gasteiger partial charge in [-0.25, -0.2) is 0 Å². The lowest BCUT2D eigenvalue weighted by atomic mass is 10.3. The van der Waals surface area contributed by atoms with Crippen LogP contribution in [0.3, 0.4) is 0 Å². The van der Waals surface area contributed by atoms with Gasteiger partial charge in [-0.05, 0) is 13.0 Å². The number of hydrogen-bond donors (Lipinski definition) is 2. The van der Waals surface area contributed by atoms with Gasteiger partial charge in [0, 0.05) is 26.7 Å². The number of nitrogens with zero attached hydrogens (tertiary/aromatic N) is 1. The number of hydrogen-bond acceptors (Lipinski definition) is 3. The van der Waals surface area contributed by atoms with Gasteiger partial charge in [-0.1, -0.05) is 0 Å². The normalized spacial score (nSPS) is 11.7. The van der Waals surface area contributed by atoms with Crippen LogP contribution < -0.4 is 5.73 Å². The summed E-state index contributed by atoms with van der Waals surface area (Å²) >= 11 is 0. The van der Waals surface area contributed by atoms with E-state index < -0.39 is 0 Å². The second-order valence-corrected chi connectivity index (χ2v) is 2.48. The van der Waals surface area contributed by atoms with Gasteiger partial charge in [-0.15, -0.1) is 0 Å². The van der Waals surface area contributed by atoms with E-state index >= 15 is 0 Å². The van der Waals surface area contributed by atoms with Crippen LogP contribution in [0.25, 0.3) is 0 Å². The SMILES string of the molecule is CN(C)/C=C(/O)CCCN. The van der Waals surface area contributed by atoms with Gasteiger partial charge in [0.25, 0.3) is 0 Å². The Morgan fingerprint density at radius 2 is 2.20 bits per heavy atom. The molecule has 0 saturated carbocycles. The average molecular weight is 144 g/mol. The Hall–Kier alpha value is -0.700. The molecule has 0 amide bonds. The van der Waals surface area contributed by atoms with Crippen LogP contribution >= 0.6 is 0 Å². The predicted octanol–water partition coefficient (Wildman–Crippen LogP) is 0.686. The summed E-state index contributed by atoms with van der Waals surface area (Å²) < 4.78 is 0. The summed E-state index contributed by atoms with van der Waals surface area (Å²) in [6, 6.07) is 0. The van der Waals surface area contributed by atoms with Crippen LogP contribution in [0.1, 0.15) is 12.8 Å². The summed E-state index contributed by atoms with van der Waals surface area (Å²) in [5.74, 6) is 0.399. The van der Waals surface area contributed by atoms with Crippen molar-refractivity contribution in [3.63, 3.8) is 0 Å². The number of rotatable bonds is 4. The average Bonchev–Trinajstić information content (AvgIpc) is 1.82. The van der Waals surface area contributed by atoms with Gasteiger partial charge >= 0.3 is 0 Å². The predicted molar refractivity (Wildman–Crippen MR) is 42.7 cm³/mol. The number of nitrogens with two attached hydrogens (primary N) is 1. The molecule has 0 fully saturated rings. The van der Waals surface area contributed by atoms with Crippen molar-refractivity contribution in [3.8, 4) is 0 Å². The summed E-state index contributed by atoms with van der Waals surface area (Å²) in [5, 5.41) is 9.11. The van der Waals surface area contributed by atoms with Gasteiger partial charge in [0.2, 0.25) is 0 Å². The molecule has 0 aliphatic carbocycles. The molecule has 0 radical (unpaired) electrons. The Kier molecular flexibility index (Phi) is 4.76. The van der Waals surface area contributed by atoms with Gasteiger partial charge in [0.05, 0.1) is 0 Å². The van der Waals surface area contributed by atoms with E-state index in [1.165, 1.54) is 0 Å². The van der Waals surface area contributed by atoms with Crippen molar-refractivity contribution in [1.29, 1.82) is 0 Å². The number of aliphatic hydroxyl groups excluding tert-OH is 1. The minimum absolute atomic E-state index is 0.399. The number of allylic oxidation sites excluding steroid dienone is 1. The summed E-state index contributed by atoms with van der Waals surface area (Å²) in [5.41, 5.74) is 5.26. The molecule has 0 spiro atoms. The molecule has 0 saturated heterocycles. The van der Waals surface area contributed by atoms with Crippen LogP contribution in [0.5, 0.6) is 0 Å². The van der Waals surface area contributed by atoms with Gasteiger partial charge < -0.3 is 15.7 Å². The van der Waals surface area contributed by atoms with Crippen molar-refractivity contribution < 1.29 is 5.11 Å². The van der Waals surface area contributed by atoms with E-state index in [1.807, 2.05) is 19.0 Å². The quantitative estimate of drug-likeness (QED) is 0.571. The van der Waals surface area contributed by atoms with E-state index in [4.69, 9.17) is 10.8 Å². The smallest absolute Gasteiger partial charge is 0.108 e. The minimum Gasteiger partial charge on any atom is -0.511 e. The molecule has 0 aromatic heterocycles. The maximum Gasteiger partial charge on any atom is 0.108 e. The summed E-state index contributed by atoms with van der Waals surface area (Å²) in [7, 11) is 3.75. The fraction of sp³-hybridized carbons (Fsp3) is 0.714. The zero-order valence-corrected chi connectivity index (χ0v) is 6.67. The molecule has 3 N–H and O–H groups in total. The fourth-order valence-electron chi connectivity index (χ4n) is 0.646. The highest BCUT2D eigenvalue weighted by atomic mass is 16.3. The lowest BCUT2D eigenvalue weighted by molar-refractivity contribution is 0.364. The molecule has 60 valence electrons. The third-order valence-corrected chi connectivity index (χ3v) is 1.04. The first-order valence-corrected chi connectivity index (χ1v) is 3.43. The van der Waals surface area contributed by atoms with Crippen molar-refractivity contribution >= 4 is 0 Å². The van der Waals surface area contributed by atoms with Crippen molar-refractivity contribution in [1.82, 2.24) is 4.90 Å². The Bertz CT molecular complexity index is 110. The van der Waals surface area contributed by atoms with E-state index in [-0.39, 0.29) is 0 Å². The second kappa shape index (κ2) is 5.11. The zero-order chi connectivity index (χ0) is 7.98. The molecule has 0 atom stereocenters. The van der Waals surface area contributed by atoms with Gasteiger partial charge in [-0.3, -0.25) is 0 Å². The Morgan fingerprint density at radius 1 is 1.60 bits per heavy atom. The van der Waals surface area contributed by atoms with E-state index in [9.17, 15) is 0 Å². The van der Waals surface area contributed by atoms with Crippen molar-refractivity contribution in [2.45, 2.75) is 12.8 Å². The van der Waals surface area contributed by atoms with Gasteiger partial charge in [0.1, 0.15) is 5.76 Å².